The number of halogens is 3. The largest absolute Gasteiger partial charge is 0.443 e. The molecule has 15 heavy (non-hydrogen) atoms. The molecule has 0 spiro atoms. The number of nitrogens with one attached hydrogen (secondary N) is 1. The minimum absolute atomic E-state index is 0.136. The normalized spacial score (nSPS) is 12.0. The topological polar surface area (TPSA) is 54.5 Å². The Labute approximate surface area is 86.2 Å². The smallest absolute Gasteiger partial charge is 0.263 e. The van der Waals surface area contributed by atoms with E-state index in [1.807, 2.05) is 0 Å². The van der Waals surface area contributed by atoms with Crippen molar-refractivity contribution in [2.45, 2.75) is 13.1 Å². The number of aromatic amines is 1. The van der Waals surface area contributed by atoms with Crippen molar-refractivity contribution < 1.29 is 13.2 Å². The Morgan fingerprint density at radius 1 is 1.33 bits per heavy atom. The van der Waals surface area contributed by atoms with Crippen LogP contribution in [0, 0.1) is 6.92 Å². The van der Waals surface area contributed by atoms with Gasteiger partial charge in [-0.25, -0.2) is 9.97 Å². The standard InChI is InChI=1S/C7H5F3N4S/c1-3-11-5(14-13-3)4-2-15-6(12-4)7(8,9)10/h2H,1H3,(H,11,13,14). The van der Waals surface area contributed by atoms with Crippen molar-refractivity contribution in [3.63, 3.8) is 0 Å². The van der Waals surface area contributed by atoms with Crippen LogP contribution in [-0.2, 0) is 6.18 Å². The van der Waals surface area contributed by atoms with Crippen LogP contribution in [0.2, 0.25) is 0 Å². The van der Waals surface area contributed by atoms with Gasteiger partial charge < -0.3 is 0 Å². The zero-order chi connectivity index (χ0) is 11.1. The first-order valence-electron chi connectivity index (χ1n) is 3.89. The molecule has 0 amide bonds. The number of aromatic nitrogens is 4. The van der Waals surface area contributed by atoms with Crippen molar-refractivity contribution in [2.75, 3.05) is 0 Å². The summed E-state index contributed by atoms with van der Waals surface area (Å²) in [6, 6.07) is 0. The van der Waals surface area contributed by atoms with Crippen LogP contribution in [0.3, 0.4) is 0 Å². The zero-order valence-electron chi connectivity index (χ0n) is 7.46. The van der Waals surface area contributed by atoms with Gasteiger partial charge in [-0.2, -0.15) is 18.3 Å². The van der Waals surface area contributed by atoms with Crippen LogP contribution in [0.25, 0.3) is 11.5 Å². The van der Waals surface area contributed by atoms with E-state index in [-0.39, 0.29) is 11.5 Å². The van der Waals surface area contributed by atoms with E-state index in [9.17, 15) is 13.2 Å². The first-order chi connectivity index (χ1) is 6.97. The summed E-state index contributed by atoms with van der Waals surface area (Å²) in [6.07, 6.45) is -4.41. The van der Waals surface area contributed by atoms with Gasteiger partial charge in [0.1, 0.15) is 11.5 Å². The molecular formula is C7H5F3N4S. The lowest BCUT2D eigenvalue weighted by Gasteiger charge is -1.98. The van der Waals surface area contributed by atoms with E-state index >= 15 is 0 Å². The number of thiazole rings is 1. The van der Waals surface area contributed by atoms with E-state index < -0.39 is 11.2 Å². The first kappa shape index (κ1) is 10.1. The van der Waals surface area contributed by atoms with Crippen molar-refractivity contribution in [1.82, 2.24) is 20.2 Å². The highest BCUT2D eigenvalue weighted by Crippen LogP contribution is 2.33. The molecule has 2 rings (SSSR count). The van der Waals surface area contributed by atoms with Gasteiger partial charge in [0.25, 0.3) is 0 Å². The third-order valence-corrected chi connectivity index (χ3v) is 2.46. The average molecular weight is 234 g/mol. The maximum absolute atomic E-state index is 12.2. The van der Waals surface area contributed by atoms with Crippen molar-refractivity contribution in [1.29, 1.82) is 0 Å². The molecule has 0 aromatic carbocycles. The highest BCUT2D eigenvalue weighted by Gasteiger charge is 2.34. The molecule has 0 bridgehead atoms. The van der Waals surface area contributed by atoms with E-state index in [4.69, 9.17) is 0 Å². The SMILES string of the molecule is Cc1nc(-c2csc(C(F)(F)F)n2)n[nH]1. The second-order valence-corrected chi connectivity index (χ2v) is 3.64. The van der Waals surface area contributed by atoms with Gasteiger partial charge in [-0.15, -0.1) is 11.3 Å². The Morgan fingerprint density at radius 2 is 2.07 bits per heavy atom. The molecule has 0 aliphatic carbocycles. The van der Waals surface area contributed by atoms with Crippen molar-refractivity contribution in [2.24, 2.45) is 0 Å². The lowest BCUT2D eigenvalue weighted by Crippen LogP contribution is -2.03. The Bertz CT molecular complexity index is 473. The molecule has 0 fully saturated rings. The molecule has 0 saturated heterocycles. The van der Waals surface area contributed by atoms with E-state index in [1.165, 1.54) is 5.38 Å². The number of hydrogen-bond donors (Lipinski definition) is 1. The molecule has 80 valence electrons. The molecule has 4 nitrogen and oxygen atoms in total. The first-order valence-corrected chi connectivity index (χ1v) is 4.77. The van der Waals surface area contributed by atoms with Crippen molar-refractivity contribution >= 4 is 11.3 Å². The zero-order valence-corrected chi connectivity index (χ0v) is 8.28. The molecule has 2 aromatic heterocycles. The van der Waals surface area contributed by atoms with E-state index in [1.54, 1.807) is 6.92 Å². The summed E-state index contributed by atoms with van der Waals surface area (Å²) in [5.41, 5.74) is 0.136. The predicted molar refractivity (Wildman–Crippen MR) is 47.2 cm³/mol. The van der Waals surface area contributed by atoms with Gasteiger partial charge in [-0.05, 0) is 6.92 Å². The van der Waals surface area contributed by atoms with Crippen LogP contribution in [0.1, 0.15) is 10.8 Å². The molecule has 0 radical (unpaired) electrons. The van der Waals surface area contributed by atoms with Crippen LogP contribution in [0.5, 0.6) is 0 Å². The monoisotopic (exact) mass is 234 g/mol. The summed E-state index contributed by atoms with van der Waals surface area (Å²) in [6.45, 7) is 1.66. The molecular weight excluding hydrogens is 229 g/mol. The van der Waals surface area contributed by atoms with E-state index in [2.05, 4.69) is 20.2 Å². The van der Waals surface area contributed by atoms with Gasteiger partial charge in [-0.1, -0.05) is 0 Å². The summed E-state index contributed by atoms with van der Waals surface area (Å²) in [7, 11) is 0. The number of hydrogen-bond acceptors (Lipinski definition) is 4. The Kier molecular flexibility index (Phi) is 2.22. The minimum Gasteiger partial charge on any atom is -0.263 e. The minimum atomic E-state index is -4.41. The Balaban J connectivity index is 2.36. The maximum atomic E-state index is 12.2. The fraction of sp³-hybridized carbons (Fsp3) is 0.286. The quantitative estimate of drug-likeness (QED) is 0.823. The molecule has 0 unspecified atom stereocenters. The lowest BCUT2D eigenvalue weighted by molar-refractivity contribution is -0.137. The highest BCUT2D eigenvalue weighted by atomic mass is 32.1. The summed E-state index contributed by atoms with van der Waals surface area (Å²) in [4.78, 5) is 7.30. The van der Waals surface area contributed by atoms with Gasteiger partial charge in [-0.3, -0.25) is 5.10 Å². The molecule has 0 aliphatic rings. The second-order valence-electron chi connectivity index (χ2n) is 2.78. The predicted octanol–water partition coefficient (Wildman–Crippen LogP) is 2.26. The summed E-state index contributed by atoms with van der Waals surface area (Å²) < 4.78 is 36.7. The Morgan fingerprint density at radius 3 is 2.53 bits per heavy atom. The third-order valence-electron chi connectivity index (χ3n) is 1.57. The van der Waals surface area contributed by atoms with Crippen LogP contribution >= 0.6 is 11.3 Å². The van der Waals surface area contributed by atoms with Crippen molar-refractivity contribution in [3.8, 4) is 11.5 Å². The summed E-state index contributed by atoms with van der Waals surface area (Å²) in [5.74, 6) is 0.714. The third kappa shape index (κ3) is 1.99. The highest BCUT2D eigenvalue weighted by molar-refractivity contribution is 7.10. The number of H-pyrrole nitrogens is 1. The fourth-order valence-electron chi connectivity index (χ4n) is 0.964. The number of alkyl halides is 3. The number of rotatable bonds is 1. The fourth-order valence-corrected chi connectivity index (χ4v) is 1.63. The van der Waals surface area contributed by atoms with Crippen LogP contribution < -0.4 is 0 Å². The van der Waals surface area contributed by atoms with Gasteiger partial charge in [0.15, 0.2) is 5.01 Å². The molecule has 0 saturated carbocycles. The van der Waals surface area contributed by atoms with Crippen LogP contribution in [0.15, 0.2) is 5.38 Å². The molecule has 1 N–H and O–H groups in total. The molecule has 0 atom stereocenters. The second kappa shape index (κ2) is 3.30. The van der Waals surface area contributed by atoms with Gasteiger partial charge >= 0.3 is 6.18 Å². The molecule has 0 aliphatic heterocycles. The summed E-state index contributed by atoms with van der Waals surface area (Å²) >= 11 is 0.531. The molecule has 2 heterocycles. The molecule has 2 aromatic rings. The van der Waals surface area contributed by atoms with E-state index in [0.717, 1.165) is 0 Å². The number of aryl methyl sites for hydroxylation is 1. The van der Waals surface area contributed by atoms with Gasteiger partial charge in [0.2, 0.25) is 5.82 Å². The summed E-state index contributed by atoms with van der Waals surface area (Å²) in [5, 5.41) is 6.65. The molecule has 8 heteroatoms. The van der Waals surface area contributed by atoms with Crippen molar-refractivity contribution in [3.05, 3.63) is 16.2 Å². The van der Waals surface area contributed by atoms with Crippen LogP contribution in [0.4, 0.5) is 13.2 Å². The number of nitrogens with zero attached hydrogens (tertiary/aromatic N) is 3. The Hall–Kier alpha value is -1.44. The van der Waals surface area contributed by atoms with Gasteiger partial charge in [0.05, 0.1) is 0 Å². The van der Waals surface area contributed by atoms with Crippen LogP contribution in [-0.4, -0.2) is 20.2 Å². The van der Waals surface area contributed by atoms with Gasteiger partial charge in [0, 0.05) is 5.38 Å². The van der Waals surface area contributed by atoms with E-state index in [0.29, 0.717) is 17.2 Å². The lowest BCUT2D eigenvalue weighted by atomic mass is 10.5. The maximum Gasteiger partial charge on any atom is 0.443 e. The average Bonchev–Trinajstić information content (AvgIpc) is 2.69.